The number of carbonyl (C=O) groups excluding carboxylic acids is 1. The van der Waals surface area contributed by atoms with Crippen molar-refractivity contribution in [1.82, 2.24) is 9.97 Å². The Balaban J connectivity index is 1.57. The fraction of sp³-hybridized carbons (Fsp3) is 0.0952. The number of nitrogens with one attached hydrogen (secondary N) is 1. The van der Waals surface area contributed by atoms with Crippen LogP contribution in [0.1, 0.15) is 28.0 Å². The highest BCUT2D eigenvalue weighted by Crippen LogP contribution is 2.22. The van der Waals surface area contributed by atoms with Crippen LogP contribution >= 0.6 is 0 Å². The van der Waals surface area contributed by atoms with Crippen molar-refractivity contribution in [3.05, 3.63) is 87.8 Å². The van der Waals surface area contributed by atoms with E-state index in [-0.39, 0.29) is 5.56 Å². The van der Waals surface area contributed by atoms with Crippen LogP contribution in [-0.2, 0) is 6.42 Å². The molecule has 4 rings (SSSR count). The first kappa shape index (κ1) is 16.0. The van der Waals surface area contributed by atoms with E-state index in [0.717, 1.165) is 24.1 Å². The standard InChI is InChI=1S/C21H16N2O3/c24-20-17-8-4-5-9-18(17)22-19(23-20)14-10-12-16(13-11-14)26-21(25)15-6-2-1-3-7-15/h1-4,6-8,10-13H,5,9H2,(H,22,23,24). The molecule has 1 heterocycles. The maximum Gasteiger partial charge on any atom is 0.343 e. The van der Waals surface area contributed by atoms with Gasteiger partial charge in [0.2, 0.25) is 0 Å². The minimum atomic E-state index is -0.412. The van der Waals surface area contributed by atoms with E-state index in [1.54, 1.807) is 48.5 Å². The number of aryl methyl sites for hydroxylation is 1. The van der Waals surface area contributed by atoms with Crippen LogP contribution in [0, 0.1) is 0 Å². The van der Waals surface area contributed by atoms with Gasteiger partial charge in [0.25, 0.3) is 5.56 Å². The maximum absolute atomic E-state index is 12.2. The molecule has 0 saturated carbocycles. The molecule has 0 atom stereocenters. The fourth-order valence-corrected chi connectivity index (χ4v) is 2.87. The number of fused-ring (bicyclic) bond motifs is 1. The summed E-state index contributed by atoms with van der Waals surface area (Å²) in [4.78, 5) is 31.7. The van der Waals surface area contributed by atoms with Crippen LogP contribution in [0.25, 0.3) is 17.5 Å². The Labute approximate surface area is 150 Å². The molecular formula is C21H16N2O3. The molecule has 1 N–H and O–H groups in total. The van der Waals surface area contributed by atoms with Gasteiger partial charge in [0.15, 0.2) is 0 Å². The second kappa shape index (κ2) is 6.80. The van der Waals surface area contributed by atoms with Crippen molar-refractivity contribution in [2.24, 2.45) is 0 Å². The Bertz CT molecular complexity index is 1040. The topological polar surface area (TPSA) is 72.0 Å². The van der Waals surface area contributed by atoms with Crippen molar-refractivity contribution < 1.29 is 9.53 Å². The number of aromatic amines is 1. The zero-order valence-electron chi connectivity index (χ0n) is 13.9. The van der Waals surface area contributed by atoms with Crippen LogP contribution in [0.15, 0.2) is 65.5 Å². The lowest BCUT2D eigenvalue weighted by Crippen LogP contribution is -2.17. The summed E-state index contributed by atoms with van der Waals surface area (Å²) in [5.74, 6) is 0.543. The molecule has 1 aromatic heterocycles. The monoisotopic (exact) mass is 344 g/mol. The van der Waals surface area contributed by atoms with E-state index in [1.807, 2.05) is 18.2 Å². The van der Waals surface area contributed by atoms with Crippen LogP contribution in [-0.4, -0.2) is 15.9 Å². The molecule has 128 valence electrons. The highest BCUT2D eigenvalue weighted by Gasteiger charge is 2.13. The molecule has 0 unspecified atom stereocenters. The molecule has 26 heavy (non-hydrogen) atoms. The molecule has 0 amide bonds. The number of ether oxygens (including phenoxy) is 1. The van der Waals surface area contributed by atoms with E-state index in [0.29, 0.717) is 22.7 Å². The van der Waals surface area contributed by atoms with E-state index in [2.05, 4.69) is 9.97 Å². The van der Waals surface area contributed by atoms with Gasteiger partial charge in [-0.05, 0) is 49.2 Å². The predicted molar refractivity (Wildman–Crippen MR) is 99.0 cm³/mol. The van der Waals surface area contributed by atoms with Crippen molar-refractivity contribution in [2.45, 2.75) is 12.8 Å². The SMILES string of the molecule is O=C(Oc1ccc(-c2nc3c(c(=O)[nH]2)C=CCC3)cc1)c1ccccc1. The molecule has 1 aliphatic rings. The van der Waals surface area contributed by atoms with Gasteiger partial charge < -0.3 is 9.72 Å². The lowest BCUT2D eigenvalue weighted by molar-refractivity contribution is 0.0735. The number of aromatic nitrogens is 2. The van der Waals surface area contributed by atoms with Crippen LogP contribution in [0.2, 0.25) is 0 Å². The van der Waals surface area contributed by atoms with E-state index in [1.165, 1.54) is 0 Å². The molecule has 0 radical (unpaired) electrons. The van der Waals surface area contributed by atoms with Gasteiger partial charge in [0.1, 0.15) is 11.6 Å². The Kier molecular flexibility index (Phi) is 4.19. The first-order chi connectivity index (χ1) is 12.7. The first-order valence-electron chi connectivity index (χ1n) is 8.38. The molecular weight excluding hydrogens is 328 g/mol. The van der Waals surface area contributed by atoms with Crippen molar-refractivity contribution in [1.29, 1.82) is 0 Å². The van der Waals surface area contributed by atoms with Gasteiger partial charge >= 0.3 is 5.97 Å². The van der Waals surface area contributed by atoms with Gasteiger partial charge in [0.05, 0.1) is 16.8 Å². The van der Waals surface area contributed by atoms with Crippen molar-refractivity contribution in [2.75, 3.05) is 0 Å². The number of esters is 1. The molecule has 0 bridgehead atoms. The number of hydrogen-bond donors (Lipinski definition) is 1. The molecule has 2 aromatic carbocycles. The van der Waals surface area contributed by atoms with Gasteiger partial charge in [-0.2, -0.15) is 0 Å². The second-order valence-electron chi connectivity index (χ2n) is 6.00. The van der Waals surface area contributed by atoms with Crippen LogP contribution in [0.5, 0.6) is 5.75 Å². The van der Waals surface area contributed by atoms with E-state index in [4.69, 9.17) is 4.74 Å². The summed E-state index contributed by atoms with van der Waals surface area (Å²) >= 11 is 0. The number of H-pyrrole nitrogens is 1. The third-order valence-corrected chi connectivity index (χ3v) is 4.21. The van der Waals surface area contributed by atoms with Gasteiger partial charge in [-0.1, -0.05) is 30.4 Å². The normalized spacial score (nSPS) is 12.5. The van der Waals surface area contributed by atoms with Crippen LogP contribution < -0.4 is 10.3 Å². The summed E-state index contributed by atoms with van der Waals surface area (Å²) < 4.78 is 5.37. The molecule has 0 aliphatic heterocycles. The number of allylic oxidation sites excluding steroid dienone is 1. The van der Waals surface area contributed by atoms with Gasteiger partial charge in [0, 0.05) is 5.56 Å². The molecule has 0 saturated heterocycles. The molecule has 3 aromatic rings. The number of benzene rings is 2. The Morgan fingerprint density at radius 1 is 1.04 bits per heavy atom. The van der Waals surface area contributed by atoms with Crippen molar-refractivity contribution >= 4 is 12.0 Å². The van der Waals surface area contributed by atoms with Gasteiger partial charge in [-0.3, -0.25) is 4.79 Å². The summed E-state index contributed by atoms with van der Waals surface area (Å²) in [6.07, 6.45) is 5.45. The minimum absolute atomic E-state index is 0.138. The van der Waals surface area contributed by atoms with Crippen LogP contribution in [0.3, 0.4) is 0 Å². The van der Waals surface area contributed by atoms with E-state index >= 15 is 0 Å². The van der Waals surface area contributed by atoms with Gasteiger partial charge in [-0.15, -0.1) is 0 Å². The number of hydrogen-bond acceptors (Lipinski definition) is 4. The summed E-state index contributed by atoms with van der Waals surface area (Å²) in [6, 6.07) is 15.7. The predicted octanol–water partition coefficient (Wildman–Crippen LogP) is 3.62. The fourth-order valence-electron chi connectivity index (χ4n) is 2.87. The quantitative estimate of drug-likeness (QED) is 0.582. The largest absolute Gasteiger partial charge is 0.423 e. The Morgan fingerprint density at radius 3 is 2.58 bits per heavy atom. The smallest absolute Gasteiger partial charge is 0.343 e. The molecule has 0 spiro atoms. The zero-order chi connectivity index (χ0) is 17.9. The summed E-state index contributed by atoms with van der Waals surface area (Å²) in [5, 5.41) is 0. The first-order valence-corrected chi connectivity index (χ1v) is 8.38. The lowest BCUT2D eigenvalue weighted by Gasteiger charge is -2.11. The molecule has 0 fully saturated rings. The maximum atomic E-state index is 12.2. The van der Waals surface area contributed by atoms with Crippen molar-refractivity contribution in [3.63, 3.8) is 0 Å². The number of carbonyl (C=O) groups is 1. The molecule has 5 nitrogen and oxygen atoms in total. The summed E-state index contributed by atoms with van der Waals surface area (Å²) in [7, 11) is 0. The minimum Gasteiger partial charge on any atom is -0.423 e. The highest BCUT2D eigenvalue weighted by molar-refractivity contribution is 5.91. The highest BCUT2D eigenvalue weighted by atomic mass is 16.5. The van der Waals surface area contributed by atoms with Gasteiger partial charge in [-0.25, -0.2) is 9.78 Å². The van der Waals surface area contributed by atoms with E-state index < -0.39 is 5.97 Å². The zero-order valence-corrected chi connectivity index (χ0v) is 13.9. The van der Waals surface area contributed by atoms with Crippen LogP contribution in [0.4, 0.5) is 0 Å². The number of rotatable bonds is 3. The van der Waals surface area contributed by atoms with E-state index in [9.17, 15) is 9.59 Å². The average molecular weight is 344 g/mol. The van der Waals surface area contributed by atoms with Crippen molar-refractivity contribution in [3.8, 4) is 17.1 Å². The third kappa shape index (κ3) is 3.19. The average Bonchev–Trinajstić information content (AvgIpc) is 2.69. The second-order valence-corrected chi connectivity index (χ2v) is 6.00. The lowest BCUT2D eigenvalue weighted by atomic mass is 10.0. The number of nitrogens with zero attached hydrogens (tertiary/aromatic N) is 1. The Morgan fingerprint density at radius 2 is 1.81 bits per heavy atom. The summed E-state index contributed by atoms with van der Waals surface area (Å²) in [5.41, 5.74) is 2.56. The third-order valence-electron chi connectivity index (χ3n) is 4.21. The Hall–Kier alpha value is -3.47. The molecule has 5 heteroatoms. The molecule has 1 aliphatic carbocycles. The summed E-state index contributed by atoms with van der Waals surface area (Å²) in [6.45, 7) is 0.